The SMILES string of the molecule is Cc1cc(-c2sc(NC(=O)N3CCNC[C@@H]3C)nc2-c2cccc(C#N)c2)cc(C)n1. The Morgan fingerprint density at radius 1 is 1.23 bits per heavy atom. The lowest BCUT2D eigenvalue weighted by atomic mass is 10.0. The second-order valence-electron chi connectivity index (χ2n) is 7.70. The Kier molecular flexibility index (Phi) is 5.98. The van der Waals surface area contributed by atoms with E-state index in [2.05, 4.69) is 21.7 Å². The number of aromatic nitrogens is 2. The zero-order chi connectivity index (χ0) is 22.0. The highest BCUT2D eigenvalue weighted by Crippen LogP contribution is 2.39. The number of carbonyl (C=O) groups excluding carboxylic acids is 1. The topological polar surface area (TPSA) is 93.9 Å². The maximum absolute atomic E-state index is 12.9. The minimum absolute atomic E-state index is 0.116. The van der Waals surface area contributed by atoms with Gasteiger partial charge in [-0.15, -0.1) is 0 Å². The van der Waals surface area contributed by atoms with Gasteiger partial charge in [0.25, 0.3) is 0 Å². The zero-order valence-electron chi connectivity index (χ0n) is 17.8. The maximum Gasteiger partial charge on any atom is 0.323 e. The largest absolute Gasteiger partial charge is 0.323 e. The minimum Gasteiger partial charge on any atom is -0.319 e. The number of benzene rings is 1. The van der Waals surface area contributed by atoms with Crippen LogP contribution in [0.1, 0.15) is 23.9 Å². The first kappa shape index (κ1) is 21.0. The number of piperazine rings is 1. The number of anilines is 1. The molecule has 0 bridgehead atoms. The van der Waals surface area contributed by atoms with Gasteiger partial charge in [-0.05, 0) is 50.6 Å². The summed E-state index contributed by atoms with van der Waals surface area (Å²) in [5, 5.41) is 16.1. The Morgan fingerprint density at radius 2 is 2.00 bits per heavy atom. The highest BCUT2D eigenvalue weighted by Gasteiger charge is 2.25. The van der Waals surface area contributed by atoms with Crippen LogP contribution in [0.15, 0.2) is 36.4 Å². The predicted octanol–water partition coefficient (Wildman–Crippen LogP) is 4.19. The van der Waals surface area contributed by atoms with Crippen molar-refractivity contribution in [1.82, 2.24) is 20.2 Å². The molecule has 1 aliphatic heterocycles. The molecule has 3 heterocycles. The summed E-state index contributed by atoms with van der Waals surface area (Å²) >= 11 is 1.44. The van der Waals surface area contributed by atoms with Crippen LogP contribution < -0.4 is 10.6 Å². The van der Waals surface area contributed by atoms with E-state index in [4.69, 9.17) is 4.98 Å². The summed E-state index contributed by atoms with van der Waals surface area (Å²) in [6, 6.07) is 13.6. The van der Waals surface area contributed by atoms with E-state index >= 15 is 0 Å². The van der Waals surface area contributed by atoms with E-state index in [1.54, 1.807) is 6.07 Å². The van der Waals surface area contributed by atoms with Crippen LogP contribution in [0.25, 0.3) is 21.7 Å². The molecule has 4 rings (SSSR count). The lowest BCUT2D eigenvalue weighted by Crippen LogP contribution is -2.53. The van der Waals surface area contributed by atoms with Crippen molar-refractivity contribution in [2.45, 2.75) is 26.8 Å². The molecule has 0 aliphatic carbocycles. The third-order valence-electron chi connectivity index (χ3n) is 5.21. The zero-order valence-corrected chi connectivity index (χ0v) is 18.6. The number of pyridine rings is 1. The molecule has 158 valence electrons. The number of rotatable bonds is 3. The van der Waals surface area contributed by atoms with E-state index in [0.717, 1.165) is 46.2 Å². The Balaban J connectivity index is 1.75. The molecule has 2 aromatic heterocycles. The van der Waals surface area contributed by atoms with Gasteiger partial charge < -0.3 is 10.2 Å². The molecule has 0 unspecified atom stereocenters. The predicted molar refractivity (Wildman–Crippen MR) is 123 cm³/mol. The first-order valence-electron chi connectivity index (χ1n) is 10.2. The average Bonchev–Trinajstić information content (AvgIpc) is 3.17. The standard InChI is InChI=1S/C23H24N6OS/c1-14-9-19(10-15(2)26-14)21-20(18-6-4-5-17(11-18)12-24)27-22(31-21)28-23(30)29-8-7-25-13-16(29)3/h4-6,9-11,16,25H,7-8,13H2,1-3H3,(H,27,28,30)/t16-/m0/s1. The number of amides is 2. The van der Waals surface area contributed by atoms with Crippen molar-refractivity contribution in [3.8, 4) is 27.8 Å². The minimum atomic E-state index is -0.145. The van der Waals surface area contributed by atoms with E-state index in [1.165, 1.54) is 11.3 Å². The fourth-order valence-corrected chi connectivity index (χ4v) is 4.74. The van der Waals surface area contributed by atoms with Crippen LogP contribution in [0, 0.1) is 25.2 Å². The molecule has 1 saturated heterocycles. The van der Waals surface area contributed by atoms with Gasteiger partial charge >= 0.3 is 6.03 Å². The van der Waals surface area contributed by atoms with Gasteiger partial charge in [0.1, 0.15) is 0 Å². The lowest BCUT2D eigenvalue weighted by molar-refractivity contribution is 0.177. The summed E-state index contributed by atoms with van der Waals surface area (Å²) in [5.74, 6) is 0. The van der Waals surface area contributed by atoms with Crippen molar-refractivity contribution in [2.75, 3.05) is 25.0 Å². The van der Waals surface area contributed by atoms with Gasteiger partial charge in [0.15, 0.2) is 5.13 Å². The van der Waals surface area contributed by atoms with Crippen molar-refractivity contribution in [2.24, 2.45) is 0 Å². The number of nitriles is 1. The molecular formula is C23H24N6OS. The number of hydrogen-bond acceptors (Lipinski definition) is 6. The monoisotopic (exact) mass is 432 g/mol. The Hall–Kier alpha value is -3.28. The highest BCUT2D eigenvalue weighted by molar-refractivity contribution is 7.19. The first-order chi connectivity index (χ1) is 14.9. The van der Waals surface area contributed by atoms with Crippen molar-refractivity contribution in [3.63, 3.8) is 0 Å². The molecule has 8 heteroatoms. The van der Waals surface area contributed by atoms with Gasteiger partial charge in [-0.3, -0.25) is 10.3 Å². The van der Waals surface area contributed by atoms with Crippen molar-refractivity contribution >= 4 is 22.5 Å². The van der Waals surface area contributed by atoms with Crippen LogP contribution in [-0.4, -0.2) is 46.6 Å². The van der Waals surface area contributed by atoms with E-state index < -0.39 is 0 Å². The van der Waals surface area contributed by atoms with Crippen molar-refractivity contribution in [1.29, 1.82) is 5.26 Å². The molecule has 3 aromatic rings. The van der Waals surface area contributed by atoms with Crippen LogP contribution >= 0.6 is 11.3 Å². The molecule has 2 amide bonds. The number of urea groups is 1. The van der Waals surface area contributed by atoms with Gasteiger partial charge in [-0.2, -0.15) is 5.26 Å². The molecule has 1 atom stereocenters. The highest BCUT2D eigenvalue weighted by atomic mass is 32.1. The van der Waals surface area contributed by atoms with Gasteiger partial charge in [0.2, 0.25) is 0 Å². The summed E-state index contributed by atoms with van der Waals surface area (Å²) in [7, 11) is 0. The molecule has 0 radical (unpaired) electrons. The van der Waals surface area contributed by atoms with Crippen molar-refractivity contribution < 1.29 is 4.79 Å². The number of nitrogens with one attached hydrogen (secondary N) is 2. The summed E-state index contributed by atoms with van der Waals surface area (Å²) in [6.07, 6.45) is 0. The summed E-state index contributed by atoms with van der Waals surface area (Å²) in [4.78, 5) is 24.9. The Bertz CT molecular complexity index is 1140. The second-order valence-corrected chi connectivity index (χ2v) is 8.70. The first-order valence-corrected chi connectivity index (χ1v) is 11.0. The fourth-order valence-electron chi connectivity index (χ4n) is 3.77. The molecular weight excluding hydrogens is 408 g/mol. The number of thiazole rings is 1. The fraction of sp³-hybridized carbons (Fsp3) is 0.304. The third kappa shape index (κ3) is 4.58. The van der Waals surface area contributed by atoms with Gasteiger partial charge in [0, 0.05) is 42.6 Å². The van der Waals surface area contributed by atoms with Gasteiger partial charge in [-0.1, -0.05) is 23.5 Å². The number of nitrogens with zero attached hydrogens (tertiary/aromatic N) is 4. The Labute approximate surface area is 185 Å². The Morgan fingerprint density at radius 3 is 2.71 bits per heavy atom. The normalized spacial score (nSPS) is 16.1. The van der Waals surface area contributed by atoms with Gasteiger partial charge in [0.05, 0.1) is 22.2 Å². The second kappa shape index (κ2) is 8.84. The molecule has 1 aliphatic rings. The van der Waals surface area contributed by atoms with E-state index in [-0.39, 0.29) is 12.1 Å². The summed E-state index contributed by atoms with van der Waals surface area (Å²) in [5.41, 5.74) is 4.99. The van der Waals surface area contributed by atoms with Crippen LogP contribution in [0.4, 0.5) is 9.93 Å². The van der Waals surface area contributed by atoms with Crippen LogP contribution in [0.2, 0.25) is 0 Å². The molecule has 0 spiro atoms. The molecule has 0 saturated carbocycles. The molecule has 1 aromatic carbocycles. The van der Waals surface area contributed by atoms with E-state index in [1.807, 2.05) is 56.0 Å². The smallest absolute Gasteiger partial charge is 0.319 e. The van der Waals surface area contributed by atoms with Gasteiger partial charge in [-0.25, -0.2) is 9.78 Å². The third-order valence-corrected chi connectivity index (χ3v) is 6.23. The molecule has 31 heavy (non-hydrogen) atoms. The quantitative estimate of drug-likeness (QED) is 0.647. The summed E-state index contributed by atoms with van der Waals surface area (Å²) < 4.78 is 0. The van der Waals surface area contributed by atoms with Crippen LogP contribution in [0.5, 0.6) is 0 Å². The number of hydrogen-bond donors (Lipinski definition) is 2. The number of aryl methyl sites for hydroxylation is 2. The lowest BCUT2D eigenvalue weighted by Gasteiger charge is -2.33. The maximum atomic E-state index is 12.9. The van der Waals surface area contributed by atoms with E-state index in [9.17, 15) is 10.1 Å². The van der Waals surface area contributed by atoms with E-state index in [0.29, 0.717) is 17.2 Å². The van der Waals surface area contributed by atoms with Crippen LogP contribution in [0.3, 0.4) is 0 Å². The molecule has 7 nitrogen and oxygen atoms in total. The molecule has 2 N–H and O–H groups in total. The summed E-state index contributed by atoms with van der Waals surface area (Å²) in [6.45, 7) is 8.16. The number of carbonyl (C=O) groups is 1. The van der Waals surface area contributed by atoms with Crippen LogP contribution in [-0.2, 0) is 0 Å². The molecule has 1 fully saturated rings. The van der Waals surface area contributed by atoms with Crippen molar-refractivity contribution in [3.05, 3.63) is 53.3 Å². The average molecular weight is 433 g/mol.